The quantitative estimate of drug-likeness (QED) is 0.531. The van der Waals surface area contributed by atoms with Crippen molar-refractivity contribution in [3.63, 3.8) is 0 Å². The van der Waals surface area contributed by atoms with Crippen molar-refractivity contribution in [2.75, 3.05) is 5.73 Å². The topological polar surface area (TPSA) is 55.4 Å². The second-order valence-corrected chi connectivity index (χ2v) is 2.81. The largest absolute Gasteiger partial charge is 0.398 e. The molecule has 0 aromatic heterocycles. The number of fused-ring (bicyclic) bond motifs is 1. The fraction of sp³-hybridized carbons (Fsp3) is 0. The lowest BCUT2D eigenvalue weighted by molar-refractivity contribution is 1.54. The van der Waals surface area contributed by atoms with Crippen molar-refractivity contribution in [2.24, 2.45) is 5.18 Å². The van der Waals surface area contributed by atoms with Crippen LogP contribution in [0.4, 0.5) is 11.4 Å². The Labute approximate surface area is 75.1 Å². The second kappa shape index (κ2) is 2.86. The van der Waals surface area contributed by atoms with E-state index in [0.717, 1.165) is 10.8 Å². The lowest BCUT2D eigenvalue weighted by Gasteiger charge is -2.01. The molecule has 2 aromatic rings. The molecular formula is C10H8N2O. The molecule has 0 aliphatic rings. The van der Waals surface area contributed by atoms with Crippen LogP contribution in [-0.2, 0) is 0 Å². The average Bonchev–Trinajstić information content (AvgIpc) is 2.18. The number of rotatable bonds is 1. The van der Waals surface area contributed by atoms with Crippen LogP contribution in [0.1, 0.15) is 0 Å². The van der Waals surface area contributed by atoms with Crippen LogP contribution in [0, 0.1) is 4.91 Å². The first-order chi connectivity index (χ1) is 6.33. The van der Waals surface area contributed by atoms with Crippen LogP contribution < -0.4 is 5.73 Å². The molecule has 64 valence electrons. The molecule has 0 aliphatic carbocycles. The number of nitrogens with two attached hydrogens (primary N) is 1. The highest BCUT2D eigenvalue weighted by molar-refractivity contribution is 5.99. The van der Waals surface area contributed by atoms with Gasteiger partial charge in [0.1, 0.15) is 5.69 Å². The molecule has 0 atom stereocenters. The van der Waals surface area contributed by atoms with Crippen molar-refractivity contribution in [3.05, 3.63) is 41.3 Å². The second-order valence-electron chi connectivity index (χ2n) is 2.81. The zero-order valence-electron chi connectivity index (χ0n) is 6.90. The first kappa shape index (κ1) is 7.73. The summed E-state index contributed by atoms with van der Waals surface area (Å²) in [5.41, 5.74) is 6.84. The molecule has 0 saturated heterocycles. The van der Waals surface area contributed by atoms with Crippen LogP contribution in [0.25, 0.3) is 10.8 Å². The van der Waals surface area contributed by atoms with Crippen molar-refractivity contribution in [2.45, 2.75) is 0 Å². The third kappa shape index (κ3) is 1.14. The van der Waals surface area contributed by atoms with Crippen LogP contribution in [0.5, 0.6) is 0 Å². The molecule has 0 unspecified atom stereocenters. The molecule has 3 nitrogen and oxygen atoms in total. The SMILES string of the molecule is Nc1cccc2c(N=O)cccc12. The number of nitroso groups, excluding NO2 is 1. The van der Waals surface area contributed by atoms with Crippen molar-refractivity contribution in [3.8, 4) is 0 Å². The van der Waals surface area contributed by atoms with Gasteiger partial charge in [0.05, 0.1) is 0 Å². The Bertz CT molecular complexity index is 465. The summed E-state index contributed by atoms with van der Waals surface area (Å²) < 4.78 is 0. The number of nitrogen functional groups attached to an aromatic ring is 1. The Hall–Kier alpha value is -1.90. The summed E-state index contributed by atoms with van der Waals surface area (Å²) in [4.78, 5) is 10.4. The van der Waals surface area contributed by atoms with Crippen molar-refractivity contribution in [1.82, 2.24) is 0 Å². The first-order valence-electron chi connectivity index (χ1n) is 3.93. The zero-order valence-corrected chi connectivity index (χ0v) is 6.90. The predicted molar refractivity (Wildman–Crippen MR) is 53.8 cm³/mol. The smallest absolute Gasteiger partial charge is 0.115 e. The molecule has 0 saturated carbocycles. The number of hydrogen-bond donors (Lipinski definition) is 1. The fourth-order valence-corrected chi connectivity index (χ4v) is 1.40. The van der Waals surface area contributed by atoms with Crippen molar-refractivity contribution >= 4 is 22.1 Å². The van der Waals surface area contributed by atoms with Gasteiger partial charge in [0.2, 0.25) is 0 Å². The van der Waals surface area contributed by atoms with Crippen molar-refractivity contribution < 1.29 is 0 Å². The molecule has 0 radical (unpaired) electrons. The maximum atomic E-state index is 10.4. The summed E-state index contributed by atoms with van der Waals surface area (Å²) in [6.07, 6.45) is 0. The van der Waals surface area contributed by atoms with Gasteiger partial charge in [-0.2, -0.15) is 0 Å². The molecule has 2 N–H and O–H groups in total. The minimum atomic E-state index is 0.435. The molecule has 0 aliphatic heterocycles. The molecule has 0 amide bonds. The third-order valence-electron chi connectivity index (χ3n) is 2.03. The maximum absolute atomic E-state index is 10.4. The van der Waals surface area contributed by atoms with Crippen LogP contribution in [-0.4, -0.2) is 0 Å². The first-order valence-corrected chi connectivity index (χ1v) is 3.93. The van der Waals surface area contributed by atoms with Crippen LogP contribution >= 0.6 is 0 Å². The lowest BCUT2D eigenvalue weighted by Crippen LogP contribution is -1.85. The van der Waals surface area contributed by atoms with Gasteiger partial charge in [0.25, 0.3) is 0 Å². The van der Waals surface area contributed by atoms with Gasteiger partial charge in [-0.15, -0.1) is 4.91 Å². The molecule has 3 heteroatoms. The Morgan fingerprint density at radius 3 is 2.46 bits per heavy atom. The van der Waals surface area contributed by atoms with Crippen LogP contribution in [0.2, 0.25) is 0 Å². The normalized spacial score (nSPS) is 10.2. The van der Waals surface area contributed by atoms with E-state index in [2.05, 4.69) is 5.18 Å². The van der Waals surface area contributed by atoms with Gasteiger partial charge in [-0.05, 0) is 17.3 Å². The standard InChI is InChI=1S/C10H8N2O/c11-9-5-1-4-8-7(9)3-2-6-10(8)12-13/h1-6H,11H2. The van der Waals surface area contributed by atoms with E-state index in [1.807, 2.05) is 18.2 Å². The molecule has 2 rings (SSSR count). The summed E-state index contributed by atoms with van der Waals surface area (Å²) in [7, 11) is 0. The summed E-state index contributed by atoms with van der Waals surface area (Å²) in [6.45, 7) is 0. The Balaban J connectivity index is 2.92. The highest BCUT2D eigenvalue weighted by Crippen LogP contribution is 2.28. The highest BCUT2D eigenvalue weighted by Gasteiger charge is 2.01. The Morgan fingerprint density at radius 1 is 1.00 bits per heavy atom. The predicted octanol–water partition coefficient (Wildman–Crippen LogP) is 2.82. The van der Waals surface area contributed by atoms with Crippen LogP contribution in [0.15, 0.2) is 41.6 Å². The van der Waals surface area contributed by atoms with Gasteiger partial charge in [-0.3, -0.25) is 0 Å². The number of nitrogens with zero attached hydrogens (tertiary/aromatic N) is 1. The summed E-state index contributed by atoms with van der Waals surface area (Å²) >= 11 is 0. The van der Waals surface area contributed by atoms with Gasteiger partial charge >= 0.3 is 0 Å². The van der Waals surface area contributed by atoms with E-state index in [1.165, 1.54) is 0 Å². The highest BCUT2D eigenvalue weighted by atomic mass is 16.3. The number of anilines is 1. The minimum Gasteiger partial charge on any atom is -0.398 e. The van der Waals surface area contributed by atoms with E-state index in [-0.39, 0.29) is 0 Å². The Morgan fingerprint density at radius 2 is 1.69 bits per heavy atom. The van der Waals surface area contributed by atoms with Gasteiger partial charge < -0.3 is 5.73 Å². The van der Waals surface area contributed by atoms with E-state index in [1.54, 1.807) is 18.2 Å². The molecular weight excluding hydrogens is 164 g/mol. The number of benzene rings is 2. The molecule has 13 heavy (non-hydrogen) atoms. The average molecular weight is 172 g/mol. The third-order valence-corrected chi connectivity index (χ3v) is 2.03. The molecule has 0 fully saturated rings. The summed E-state index contributed by atoms with van der Waals surface area (Å²) in [5, 5.41) is 4.61. The van der Waals surface area contributed by atoms with Crippen molar-refractivity contribution in [1.29, 1.82) is 0 Å². The van der Waals surface area contributed by atoms with Crippen LogP contribution in [0.3, 0.4) is 0 Å². The maximum Gasteiger partial charge on any atom is 0.115 e. The Kier molecular flexibility index (Phi) is 1.70. The zero-order chi connectivity index (χ0) is 9.26. The van der Waals surface area contributed by atoms with Gasteiger partial charge in [-0.1, -0.05) is 24.3 Å². The number of hydrogen-bond acceptors (Lipinski definition) is 3. The van der Waals surface area contributed by atoms with Gasteiger partial charge in [0, 0.05) is 16.5 Å². The molecule has 2 aromatic carbocycles. The van der Waals surface area contributed by atoms with E-state index < -0.39 is 0 Å². The fourth-order valence-electron chi connectivity index (χ4n) is 1.40. The van der Waals surface area contributed by atoms with E-state index in [9.17, 15) is 4.91 Å². The molecule has 0 bridgehead atoms. The monoisotopic (exact) mass is 172 g/mol. The summed E-state index contributed by atoms with van der Waals surface area (Å²) in [6, 6.07) is 10.8. The van der Waals surface area contributed by atoms with E-state index in [4.69, 9.17) is 5.73 Å². The van der Waals surface area contributed by atoms with E-state index >= 15 is 0 Å². The molecule has 0 heterocycles. The molecule has 0 spiro atoms. The van der Waals surface area contributed by atoms with E-state index in [0.29, 0.717) is 11.4 Å². The summed E-state index contributed by atoms with van der Waals surface area (Å²) in [5.74, 6) is 0. The minimum absolute atomic E-state index is 0.435. The lowest BCUT2D eigenvalue weighted by atomic mass is 10.1. The van der Waals surface area contributed by atoms with Gasteiger partial charge in [-0.25, -0.2) is 0 Å². The van der Waals surface area contributed by atoms with Gasteiger partial charge in [0.15, 0.2) is 0 Å².